The number of hydrogen-bond donors (Lipinski definition) is 2. The van der Waals surface area contributed by atoms with Crippen LogP contribution < -0.4 is 10.6 Å². The van der Waals surface area contributed by atoms with Crippen LogP contribution in [0.4, 0.5) is 16.2 Å². The van der Waals surface area contributed by atoms with Crippen molar-refractivity contribution in [3.63, 3.8) is 0 Å². The first-order valence-electron chi connectivity index (χ1n) is 5.86. The van der Waals surface area contributed by atoms with Crippen molar-refractivity contribution in [2.75, 3.05) is 10.6 Å². The topological polar surface area (TPSA) is 41.1 Å². The van der Waals surface area contributed by atoms with Gasteiger partial charge in [0.05, 0.1) is 26.4 Å². The number of benzene rings is 2. The summed E-state index contributed by atoms with van der Waals surface area (Å²) in [6.45, 7) is 1.84. The van der Waals surface area contributed by atoms with E-state index in [0.29, 0.717) is 15.7 Å². The van der Waals surface area contributed by atoms with E-state index in [1.54, 1.807) is 12.1 Å². The molecule has 3 nitrogen and oxygen atoms in total. The number of hydrogen-bond acceptors (Lipinski definition) is 1. The Labute approximate surface area is 142 Å². The maximum absolute atomic E-state index is 12.0. The number of nitrogens with one attached hydrogen (secondary N) is 2. The zero-order chi connectivity index (χ0) is 15.6. The van der Waals surface area contributed by atoms with Crippen molar-refractivity contribution in [3.8, 4) is 0 Å². The lowest BCUT2D eigenvalue weighted by Crippen LogP contribution is -2.20. The molecule has 0 aliphatic rings. The second kappa shape index (κ2) is 6.75. The van der Waals surface area contributed by atoms with Gasteiger partial charge in [0.1, 0.15) is 0 Å². The third kappa shape index (κ3) is 3.95. The zero-order valence-corrected chi connectivity index (χ0v) is 13.8. The van der Waals surface area contributed by atoms with Gasteiger partial charge in [-0.15, -0.1) is 0 Å². The highest BCUT2D eigenvalue weighted by Gasteiger charge is 2.13. The minimum atomic E-state index is -0.502. The molecule has 0 spiro atoms. The Balaban J connectivity index is 2.20. The lowest BCUT2D eigenvalue weighted by molar-refractivity contribution is 0.262. The van der Waals surface area contributed by atoms with Crippen molar-refractivity contribution < 1.29 is 4.79 Å². The number of amides is 2. The SMILES string of the molecule is Cc1cccc(Cl)c1NC(=O)Nc1c(Cl)cc(Cl)cc1Cl. The van der Waals surface area contributed by atoms with Crippen LogP contribution in [0.25, 0.3) is 0 Å². The maximum Gasteiger partial charge on any atom is 0.323 e. The van der Waals surface area contributed by atoms with Gasteiger partial charge in [-0.3, -0.25) is 0 Å². The fourth-order valence-electron chi connectivity index (χ4n) is 1.71. The Morgan fingerprint density at radius 3 is 2.05 bits per heavy atom. The number of rotatable bonds is 2. The molecule has 7 heteroatoms. The molecule has 2 aromatic rings. The molecular weight excluding hydrogens is 354 g/mol. The summed E-state index contributed by atoms with van der Waals surface area (Å²) in [6.07, 6.45) is 0. The second-order valence-electron chi connectivity index (χ2n) is 4.26. The summed E-state index contributed by atoms with van der Waals surface area (Å²) >= 11 is 23.9. The molecule has 2 rings (SSSR count). The van der Waals surface area contributed by atoms with Gasteiger partial charge in [0.2, 0.25) is 0 Å². The largest absolute Gasteiger partial charge is 0.323 e. The second-order valence-corrected chi connectivity index (χ2v) is 5.91. The van der Waals surface area contributed by atoms with E-state index in [1.807, 2.05) is 13.0 Å². The van der Waals surface area contributed by atoms with E-state index in [2.05, 4.69) is 10.6 Å². The van der Waals surface area contributed by atoms with Crippen LogP contribution in [0.1, 0.15) is 5.56 Å². The Morgan fingerprint density at radius 2 is 1.48 bits per heavy atom. The Morgan fingerprint density at radius 1 is 0.905 bits per heavy atom. The number of aryl methyl sites for hydroxylation is 1. The number of anilines is 2. The van der Waals surface area contributed by atoms with Gasteiger partial charge in [0.15, 0.2) is 0 Å². The number of carbonyl (C=O) groups excluding carboxylic acids is 1. The molecule has 0 unspecified atom stereocenters. The van der Waals surface area contributed by atoms with Crippen molar-refractivity contribution in [1.82, 2.24) is 0 Å². The summed E-state index contributed by atoms with van der Waals surface area (Å²) in [5.74, 6) is 0. The number of halogens is 4. The molecule has 110 valence electrons. The molecule has 0 saturated heterocycles. The van der Waals surface area contributed by atoms with E-state index in [4.69, 9.17) is 46.4 Å². The third-order valence-corrected chi connectivity index (χ3v) is 3.84. The summed E-state index contributed by atoms with van der Waals surface area (Å²) in [6, 6.07) is 7.80. The predicted molar refractivity (Wildman–Crippen MR) is 90.3 cm³/mol. The van der Waals surface area contributed by atoms with E-state index in [0.717, 1.165) is 5.56 Å². The average Bonchev–Trinajstić information content (AvgIpc) is 2.38. The highest BCUT2D eigenvalue weighted by Crippen LogP contribution is 2.34. The molecular formula is C14H10Cl4N2O. The van der Waals surface area contributed by atoms with E-state index >= 15 is 0 Å². The van der Waals surface area contributed by atoms with Gasteiger partial charge in [-0.25, -0.2) is 4.79 Å². The van der Waals surface area contributed by atoms with Crippen LogP contribution in [0.2, 0.25) is 20.1 Å². The fourth-order valence-corrected chi connectivity index (χ4v) is 2.89. The normalized spacial score (nSPS) is 10.3. The number of carbonyl (C=O) groups is 1. The van der Waals surface area contributed by atoms with Crippen LogP contribution in [0.5, 0.6) is 0 Å². The quantitative estimate of drug-likeness (QED) is 0.650. The van der Waals surface area contributed by atoms with Crippen LogP contribution in [0.15, 0.2) is 30.3 Å². The summed E-state index contributed by atoms with van der Waals surface area (Å²) in [5.41, 5.74) is 1.65. The van der Waals surface area contributed by atoms with E-state index in [1.165, 1.54) is 12.1 Å². The van der Waals surface area contributed by atoms with Gasteiger partial charge >= 0.3 is 6.03 Å². The molecule has 0 aliphatic carbocycles. The predicted octanol–water partition coefficient (Wildman–Crippen LogP) is 6.25. The molecule has 0 saturated carbocycles. The van der Waals surface area contributed by atoms with Gasteiger partial charge in [0.25, 0.3) is 0 Å². The first-order valence-corrected chi connectivity index (χ1v) is 7.37. The van der Waals surface area contributed by atoms with Crippen molar-refractivity contribution >= 4 is 63.8 Å². The van der Waals surface area contributed by atoms with Crippen LogP contribution >= 0.6 is 46.4 Å². The van der Waals surface area contributed by atoms with Crippen molar-refractivity contribution in [2.45, 2.75) is 6.92 Å². The van der Waals surface area contributed by atoms with Crippen LogP contribution in [0, 0.1) is 6.92 Å². The lowest BCUT2D eigenvalue weighted by atomic mass is 10.2. The molecule has 0 aliphatic heterocycles. The molecule has 0 heterocycles. The Hall–Kier alpha value is -1.13. The minimum Gasteiger partial charge on any atom is -0.306 e. The highest BCUT2D eigenvalue weighted by atomic mass is 35.5. The van der Waals surface area contributed by atoms with Gasteiger partial charge < -0.3 is 10.6 Å². The molecule has 0 atom stereocenters. The highest BCUT2D eigenvalue weighted by molar-refractivity contribution is 6.42. The van der Waals surface area contributed by atoms with Gasteiger partial charge in [-0.2, -0.15) is 0 Å². The number of para-hydroxylation sites is 1. The van der Waals surface area contributed by atoms with E-state index in [-0.39, 0.29) is 15.7 Å². The van der Waals surface area contributed by atoms with Crippen LogP contribution in [-0.4, -0.2) is 6.03 Å². The van der Waals surface area contributed by atoms with Gasteiger partial charge in [-0.05, 0) is 30.7 Å². The van der Waals surface area contributed by atoms with Crippen molar-refractivity contribution in [3.05, 3.63) is 56.0 Å². The van der Waals surface area contributed by atoms with E-state index in [9.17, 15) is 4.79 Å². The zero-order valence-electron chi connectivity index (χ0n) is 10.8. The molecule has 2 aromatic carbocycles. The smallest absolute Gasteiger partial charge is 0.306 e. The number of urea groups is 1. The summed E-state index contributed by atoms with van der Waals surface area (Å²) < 4.78 is 0. The Bertz CT molecular complexity index is 660. The molecule has 0 fully saturated rings. The average molecular weight is 364 g/mol. The first kappa shape index (κ1) is 16.2. The van der Waals surface area contributed by atoms with Gasteiger partial charge in [-0.1, -0.05) is 58.5 Å². The molecule has 2 N–H and O–H groups in total. The maximum atomic E-state index is 12.0. The van der Waals surface area contributed by atoms with Crippen LogP contribution in [0.3, 0.4) is 0 Å². The standard InChI is InChI=1S/C14H10Cl4N2O/c1-7-3-2-4-9(16)12(7)19-14(21)20-13-10(17)5-8(15)6-11(13)18/h2-6H,1H3,(H2,19,20,21). The summed E-state index contributed by atoms with van der Waals surface area (Å²) in [4.78, 5) is 12.0. The molecule has 21 heavy (non-hydrogen) atoms. The van der Waals surface area contributed by atoms with Crippen molar-refractivity contribution in [1.29, 1.82) is 0 Å². The monoisotopic (exact) mass is 362 g/mol. The summed E-state index contributed by atoms with van der Waals surface area (Å²) in [5, 5.41) is 6.57. The Kier molecular flexibility index (Phi) is 5.22. The lowest BCUT2D eigenvalue weighted by Gasteiger charge is -2.13. The minimum absolute atomic E-state index is 0.249. The molecule has 2 amide bonds. The molecule has 0 radical (unpaired) electrons. The summed E-state index contributed by atoms with van der Waals surface area (Å²) in [7, 11) is 0. The molecule has 0 bridgehead atoms. The van der Waals surface area contributed by atoms with Gasteiger partial charge in [0, 0.05) is 5.02 Å². The first-order chi connectivity index (χ1) is 9.88. The van der Waals surface area contributed by atoms with Crippen molar-refractivity contribution in [2.24, 2.45) is 0 Å². The molecule has 0 aromatic heterocycles. The van der Waals surface area contributed by atoms with E-state index < -0.39 is 6.03 Å². The third-order valence-electron chi connectivity index (χ3n) is 2.71. The fraction of sp³-hybridized carbons (Fsp3) is 0.0714. The van der Waals surface area contributed by atoms with Crippen LogP contribution in [-0.2, 0) is 0 Å².